The number of benzene rings is 3. The van der Waals surface area contributed by atoms with Crippen LogP contribution in [0, 0.1) is 21.8 Å². The summed E-state index contributed by atoms with van der Waals surface area (Å²) in [6, 6.07) is 18.2. The molecular formula is C29H32FN3O6. The van der Waals surface area contributed by atoms with Gasteiger partial charge in [0.05, 0.1) is 12.0 Å². The zero-order valence-corrected chi connectivity index (χ0v) is 22.1. The van der Waals surface area contributed by atoms with E-state index in [1.165, 1.54) is 36.3 Å². The quantitative estimate of drug-likeness (QED) is 0.253. The Labute approximate surface area is 226 Å². The van der Waals surface area contributed by atoms with Crippen molar-refractivity contribution in [2.75, 3.05) is 20.3 Å². The van der Waals surface area contributed by atoms with Crippen LogP contribution < -0.4 is 14.8 Å². The van der Waals surface area contributed by atoms with E-state index in [4.69, 9.17) is 9.47 Å². The maximum atomic E-state index is 14.7. The summed E-state index contributed by atoms with van der Waals surface area (Å²) in [6.07, 6.45) is 0.205. The standard InChI is InChI=1S/C29H32FN3O6/c1-20(2)17-31-29(35)26(15-21-9-5-4-6-10-21)32(18-22-11-7-8-12-24(22)30)28(34)19-39-23-13-14-25(33(36)37)27(16-23)38-3/h4-14,16,20,26H,15,17-19H2,1-3H3,(H,31,35)/t26-/m1/s1. The van der Waals surface area contributed by atoms with Crippen LogP contribution in [0.4, 0.5) is 10.1 Å². The molecular weight excluding hydrogens is 505 g/mol. The van der Waals surface area contributed by atoms with Crippen molar-refractivity contribution < 1.29 is 28.4 Å². The average Bonchev–Trinajstić information content (AvgIpc) is 2.93. The molecule has 3 aromatic rings. The first-order chi connectivity index (χ1) is 18.7. The number of hydrogen-bond acceptors (Lipinski definition) is 6. The van der Waals surface area contributed by atoms with E-state index in [0.717, 1.165) is 5.56 Å². The fraction of sp³-hybridized carbons (Fsp3) is 0.310. The largest absolute Gasteiger partial charge is 0.490 e. The van der Waals surface area contributed by atoms with Crippen LogP contribution in [0.2, 0.25) is 0 Å². The number of amides is 2. The van der Waals surface area contributed by atoms with E-state index in [9.17, 15) is 24.1 Å². The van der Waals surface area contributed by atoms with Crippen LogP contribution in [0.25, 0.3) is 0 Å². The zero-order valence-electron chi connectivity index (χ0n) is 22.1. The molecule has 0 saturated heterocycles. The number of methoxy groups -OCH3 is 1. The molecule has 2 amide bonds. The molecule has 0 saturated carbocycles. The molecule has 9 nitrogen and oxygen atoms in total. The van der Waals surface area contributed by atoms with Crippen molar-refractivity contribution in [3.05, 3.63) is 99.9 Å². The third kappa shape index (κ3) is 8.26. The van der Waals surface area contributed by atoms with Gasteiger partial charge in [0.2, 0.25) is 11.7 Å². The summed E-state index contributed by atoms with van der Waals surface area (Å²) in [7, 11) is 1.29. The summed E-state index contributed by atoms with van der Waals surface area (Å²) in [6.45, 7) is 3.68. The van der Waals surface area contributed by atoms with E-state index in [1.54, 1.807) is 18.2 Å². The van der Waals surface area contributed by atoms with E-state index in [2.05, 4.69) is 5.32 Å². The van der Waals surface area contributed by atoms with Gasteiger partial charge < -0.3 is 19.7 Å². The molecule has 0 fully saturated rings. The number of hydrogen-bond donors (Lipinski definition) is 1. The van der Waals surface area contributed by atoms with Crippen molar-refractivity contribution in [3.8, 4) is 11.5 Å². The van der Waals surface area contributed by atoms with Crippen molar-refractivity contribution in [1.29, 1.82) is 0 Å². The Morgan fingerprint density at radius 2 is 1.74 bits per heavy atom. The third-order valence-electron chi connectivity index (χ3n) is 5.96. The number of ether oxygens (including phenoxy) is 2. The minimum absolute atomic E-state index is 0.0248. The topological polar surface area (TPSA) is 111 Å². The number of nitrogens with one attached hydrogen (secondary N) is 1. The summed E-state index contributed by atoms with van der Waals surface area (Å²) < 4.78 is 25.4. The fourth-order valence-electron chi connectivity index (χ4n) is 3.91. The van der Waals surface area contributed by atoms with Gasteiger partial charge in [0.25, 0.3) is 5.91 Å². The number of carbonyl (C=O) groups excluding carboxylic acids is 2. The molecule has 0 aromatic heterocycles. The molecule has 3 rings (SSSR count). The molecule has 0 radical (unpaired) electrons. The lowest BCUT2D eigenvalue weighted by atomic mass is 10.0. The Bertz CT molecular complexity index is 1290. The number of nitro groups is 1. The summed E-state index contributed by atoms with van der Waals surface area (Å²) in [5.41, 5.74) is 0.828. The highest BCUT2D eigenvalue weighted by Gasteiger charge is 2.31. The molecule has 0 unspecified atom stereocenters. The molecule has 0 aliphatic rings. The SMILES string of the molecule is COc1cc(OCC(=O)N(Cc2ccccc2F)[C@H](Cc2ccccc2)C(=O)NCC(C)C)ccc1[N+](=O)[O-]. The van der Waals surface area contributed by atoms with E-state index in [0.29, 0.717) is 6.54 Å². The van der Waals surface area contributed by atoms with Crippen molar-refractivity contribution in [2.45, 2.75) is 32.9 Å². The van der Waals surface area contributed by atoms with Crippen molar-refractivity contribution in [1.82, 2.24) is 10.2 Å². The Kier molecular flexibility index (Phi) is 10.4. The highest BCUT2D eigenvalue weighted by Crippen LogP contribution is 2.31. The molecule has 0 spiro atoms. The lowest BCUT2D eigenvalue weighted by Gasteiger charge is -2.31. The number of nitro benzene ring substituents is 1. The Balaban J connectivity index is 1.92. The molecule has 10 heteroatoms. The highest BCUT2D eigenvalue weighted by atomic mass is 19.1. The van der Waals surface area contributed by atoms with E-state index >= 15 is 0 Å². The molecule has 39 heavy (non-hydrogen) atoms. The van der Waals surface area contributed by atoms with Crippen LogP contribution in [0.5, 0.6) is 11.5 Å². The Morgan fingerprint density at radius 3 is 2.38 bits per heavy atom. The van der Waals surface area contributed by atoms with Crippen LogP contribution in [-0.2, 0) is 22.6 Å². The van der Waals surface area contributed by atoms with Crippen molar-refractivity contribution >= 4 is 17.5 Å². The van der Waals surface area contributed by atoms with Gasteiger partial charge in [0.15, 0.2) is 6.61 Å². The minimum atomic E-state index is -0.951. The van der Waals surface area contributed by atoms with E-state index < -0.39 is 29.3 Å². The summed E-state index contributed by atoms with van der Waals surface area (Å²) in [4.78, 5) is 38.9. The predicted octanol–water partition coefficient (Wildman–Crippen LogP) is 4.53. The Hall–Kier alpha value is -4.47. The van der Waals surface area contributed by atoms with E-state index in [1.807, 2.05) is 44.2 Å². The normalized spacial score (nSPS) is 11.5. The van der Waals surface area contributed by atoms with Crippen LogP contribution in [0.1, 0.15) is 25.0 Å². The Morgan fingerprint density at radius 1 is 1.05 bits per heavy atom. The van der Waals surface area contributed by atoms with Crippen LogP contribution in [0.3, 0.4) is 0 Å². The first-order valence-corrected chi connectivity index (χ1v) is 12.5. The third-order valence-corrected chi connectivity index (χ3v) is 5.96. The monoisotopic (exact) mass is 537 g/mol. The van der Waals surface area contributed by atoms with Crippen molar-refractivity contribution in [2.24, 2.45) is 5.92 Å². The zero-order chi connectivity index (χ0) is 28.4. The predicted molar refractivity (Wildman–Crippen MR) is 144 cm³/mol. The molecule has 206 valence electrons. The number of rotatable bonds is 13. The second-order valence-corrected chi connectivity index (χ2v) is 9.34. The highest BCUT2D eigenvalue weighted by molar-refractivity contribution is 5.88. The number of halogens is 1. The van der Waals surface area contributed by atoms with Crippen LogP contribution in [0.15, 0.2) is 72.8 Å². The van der Waals surface area contributed by atoms with Gasteiger partial charge in [0, 0.05) is 37.2 Å². The molecule has 1 atom stereocenters. The van der Waals surface area contributed by atoms with Gasteiger partial charge in [-0.25, -0.2) is 4.39 Å². The summed E-state index contributed by atoms with van der Waals surface area (Å²) >= 11 is 0. The number of carbonyl (C=O) groups is 2. The molecule has 1 N–H and O–H groups in total. The summed E-state index contributed by atoms with van der Waals surface area (Å²) in [5, 5.41) is 14.1. The summed E-state index contributed by atoms with van der Waals surface area (Å²) in [5.74, 6) is -1.10. The van der Waals surface area contributed by atoms with Gasteiger partial charge in [-0.3, -0.25) is 19.7 Å². The molecule has 0 bridgehead atoms. The van der Waals surface area contributed by atoms with Gasteiger partial charge in [-0.2, -0.15) is 0 Å². The second-order valence-electron chi connectivity index (χ2n) is 9.34. The first-order valence-electron chi connectivity index (χ1n) is 12.5. The lowest BCUT2D eigenvalue weighted by molar-refractivity contribution is -0.385. The van der Waals surface area contributed by atoms with Gasteiger partial charge in [0.1, 0.15) is 17.6 Å². The fourth-order valence-corrected chi connectivity index (χ4v) is 3.91. The van der Waals surface area contributed by atoms with Crippen molar-refractivity contribution in [3.63, 3.8) is 0 Å². The van der Waals surface area contributed by atoms with Crippen LogP contribution >= 0.6 is 0 Å². The van der Waals surface area contributed by atoms with Crippen LogP contribution in [-0.4, -0.2) is 47.9 Å². The second kappa shape index (κ2) is 13.9. The van der Waals surface area contributed by atoms with Gasteiger partial charge in [-0.15, -0.1) is 0 Å². The van der Waals surface area contributed by atoms with Gasteiger partial charge in [-0.1, -0.05) is 62.4 Å². The van der Waals surface area contributed by atoms with E-state index in [-0.39, 0.29) is 47.5 Å². The maximum Gasteiger partial charge on any atom is 0.311 e. The minimum Gasteiger partial charge on any atom is -0.490 e. The molecule has 0 aliphatic heterocycles. The number of nitrogens with zero attached hydrogens (tertiary/aromatic N) is 2. The molecule has 3 aromatic carbocycles. The lowest BCUT2D eigenvalue weighted by Crippen LogP contribution is -2.52. The van der Waals surface area contributed by atoms with Gasteiger partial charge in [-0.05, 0) is 23.6 Å². The molecule has 0 heterocycles. The maximum absolute atomic E-state index is 14.7. The first kappa shape index (κ1) is 29.1. The smallest absolute Gasteiger partial charge is 0.311 e. The molecule has 0 aliphatic carbocycles. The average molecular weight is 538 g/mol. The van der Waals surface area contributed by atoms with Gasteiger partial charge >= 0.3 is 5.69 Å².